The number of morpholine rings is 1. The third-order valence-electron chi connectivity index (χ3n) is 3.50. The van der Waals surface area contributed by atoms with E-state index in [2.05, 4.69) is 30.7 Å². The summed E-state index contributed by atoms with van der Waals surface area (Å²) in [5, 5.41) is 0. The van der Waals surface area contributed by atoms with Crippen LogP contribution < -0.4 is 0 Å². The van der Waals surface area contributed by atoms with Crippen LogP contribution in [0.1, 0.15) is 40.0 Å². The number of rotatable bonds is 1. The van der Waals surface area contributed by atoms with Gasteiger partial charge in [-0.15, -0.1) is 0 Å². The summed E-state index contributed by atoms with van der Waals surface area (Å²) < 4.78 is 10.7. The van der Waals surface area contributed by atoms with Gasteiger partial charge < -0.3 is 14.4 Å². The quantitative estimate of drug-likeness (QED) is 0.541. The van der Waals surface area contributed by atoms with Crippen LogP contribution in [0.3, 0.4) is 0 Å². The Morgan fingerprint density at radius 3 is 2.37 bits per heavy atom. The van der Waals surface area contributed by atoms with E-state index >= 15 is 0 Å². The summed E-state index contributed by atoms with van der Waals surface area (Å²) in [7, 11) is 0. The number of hydrogen-bond donors (Lipinski definition) is 0. The number of nitrogens with zero attached hydrogens (tertiary/aromatic N) is 2. The predicted molar refractivity (Wildman–Crippen MR) is 73.4 cm³/mol. The van der Waals surface area contributed by atoms with Crippen LogP contribution in [0.2, 0.25) is 0 Å². The standard InChI is InChI=1S/C14H24N2O3/c1-14(2,3)12(16-7-9-18-10-8-16)15-13(17)19-11-5-4-6-11/h11H,4-10H2,1-3H3. The van der Waals surface area contributed by atoms with Crippen LogP contribution in [0.5, 0.6) is 0 Å². The Kier molecular flexibility index (Phi) is 4.45. The van der Waals surface area contributed by atoms with Crippen LogP contribution in [0.4, 0.5) is 4.79 Å². The molecule has 2 fully saturated rings. The summed E-state index contributed by atoms with van der Waals surface area (Å²) in [5.74, 6) is 0.806. The van der Waals surface area contributed by atoms with Gasteiger partial charge >= 0.3 is 6.09 Å². The molecule has 1 saturated carbocycles. The highest BCUT2D eigenvalue weighted by molar-refractivity contribution is 5.95. The summed E-state index contributed by atoms with van der Waals surface area (Å²) >= 11 is 0. The Morgan fingerprint density at radius 2 is 1.89 bits per heavy atom. The number of ether oxygens (including phenoxy) is 2. The van der Waals surface area contributed by atoms with E-state index in [1.54, 1.807) is 0 Å². The van der Waals surface area contributed by atoms with Crippen LogP contribution in [-0.2, 0) is 9.47 Å². The van der Waals surface area contributed by atoms with Gasteiger partial charge in [-0.3, -0.25) is 0 Å². The molecule has 5 heteroatoms. The summed E-state index contributed by atoms with van der Waals surface area (Å²) in [6.45, 7) is 9.15. The Bertz CT molecular complexity index is 350. The van der Waals surface area contributed by atoms with E-state index in [4.69, 9.17) is 9.47 Å². The third-order valence-corrected chi connectivity index (χ3v) is 3.50. The fourth-order valence-electron chi connectivity index (χ4n) is 2.23. The van der Waals surface area contributed by atoms with Gasteiger partial charge in [-0.1, -0.05) is 20.8 Å². The van der Waals surface area contributed by atoms with Gasteiger partial charge in [-0.25, -0.2) is 4.79 Å². The van der Waals surface area contributed by atoms with Gasteiger partial charge in [0.15, 0.2) is 0 Å². The lowest BCUT2D eigenvalue weighted by atomic mass is 9.93. The van der Waals surface area contributed by atoms with E-state index in [0.717, 1.165) is 38.2 Å². The number of carbonyl (C=O) groups excluding carboxylic acids is 1. The van der Waals surface area contributed by atoms with E-state index in [1.807, 2.05) is 0 Å². The van der Waals surface area contributed by atoms with Crippen molar-refractivity contribution in [2.75, 3.05) is 26.3 Å². The summed E-state index contributed by atoms with van der Waals surface area (Å²) in [6.07, 6.45) is 2.74. The maximum absolute atomic E-state index is 11.9. The molecular weight excluding hydrogens is 244 g/mol. The van der Waals surface area contributed by atoms with Crippen molar-refractivity contribution in [3.63, 3.8) is 0 Å². The fourth-order valence-corrected chi connectivity index (χ4v) is 2.23. The lowest BCUT2D eigenvalue weighted by Gasteiger charge is -2.36. The van der Waals surface area contributed by atoms with Crippen LogP contribution in [0.25, 0.3) is 0 Å². The highest BCUT2D eigenvalue weighted by Gasteiger charge is 2.29. The molecule has 0 aromatic rings. The molecule has 1 heterocycles. The summed E-state index contributed by atoms with van der Waals surface area (Å²) in [5.41, 5.74) is -0.171. The van der Waals surface area contributed by atoms with Crippen LogP contribution in [-0.4, -0.2) is 49.2 Å². The molecule has 1 amide bonds. The fraction of sp³-hybridized carbons (Fsp3) is 0.857. The largest absolute Gasteiger partial charge is 0.445 e. The molecule has 2 aliphatic rings. The topological polar surface area (TPSA) is 51.1 Å². The number of hydrogen-bond acceptors (Lipinski definition) is 3. The molecule has 0 bridgehead atoms. The van der Waals surface area contributed by atoms with Crippen LogP contribution >= 0.6 is 0 Å². The monoisotopic (exact) mass is 268 g/mol. The lowest BCUT2D eigenvalue weighted by molar-refractivity contribution is 0.0557. The normalized spacial score (nSPS) is 22.1. The van der Waals surface area contributed by atoms with Crippen molar-refractivity contribution in [2.24, 2.45) is 10.4 Å². The number of amidine groups is 1. The Morgan fingerprint density at radius 1 is 1.26 bits per heavy atom. The molecule has 0 aromatic heterocycles. The van der Waals surface area contributed by atoms with Crippen LogP contribution in [0.15, 0.2) is 4.99 Å². The van der Waals surface area contributed by atoms with E-state index in [-0.39, 0.29) is 11.5 Å². The molecule has 2 rings (SSSR count). The Labute approximate surface area is 115 Å². The van der Waals surface area contributed by atoms with Crippen molar-refractivity contribution >= 4 is 11.9 Å². The van der Waals surface area contributed by atoms with E-state index in [1.165, 1.54) is 0 Å². The zero-order valence-corrected chi connectivity index (χ0v) is 12.1. The minimum Gasteiger partial charge on any atom is -0.445 e. The van der Waals surface area contributed by atoms with Crippen molar-refractivity contribution in [3.8, 4) is 0 Å². The molecule has 0 N–H and O–H groups in total. The first-order valence-electron chi connectivity index (χ1n) is 7.09. The molecule has 1 saturated heterocycles. The second-order valence-corrected chi connectivity index (χ2v) is 6.22. The minimum absolute atomic E-state index is 0.0853. The second kappa shape index (κ2) is 5.90. The molecule has 1 aliphatic heterocycles. The van der Waals surface area contributed by atoms with E-state index in [0.29, 0.717) is 13.2 Å². The summed E-state index contributed by atoms with van der Waals surface area (Å²) in [6, 6.07) is 0. The molecule has 0 radical (unpaired) electrons. The molecule has 108 valence electrons. The highest BCUT2D eigenvalue weighted by atomic mass is 16.6. The average Bonchev–Trinajstić information content (AvgIpc) is 2.30. The van der Waals surface area contributed by atoms with Gasteiger partial charge in [0.25, 0.3) is 0 Å². The molecule has 19 heavy (non-hydrogen) atoms. The maximum Gasteiger partial charge on any atom is 0.435 e. The number of amides is 1. The van der Waals surface area contributed by atoms with Crippen molar-refractivity contribution < 1.29 is 14.3 Å². The molecular formula is C14H24N2O3. The first-order valence-corrected chi connectivity index (χ1v) is 7.09. The minimum atomic E-state index is -0.443. The van der Waals surface area contributed by atoms with Gasteiger partial charge in [-0.05, 0) is 19.3 Å². The lowest BCUT2D eigenvalue weighted by Crippen LogP contribution is -2.46. The zero-order valence-electron chi connectivity index (χ0n) is 12.1. The zero-order chi connectivity index (χ0) is 13.9. The molecule has 0 unspecified atom stereocenters. The number of carbonyl (C=O) groups is 1. The first kappa shape index (κ1) is 14.3. The van der Waals surface area contributed by atoms with E-state index < -0.39 is 6.09 Å². The van der Waals surface area contributed by atoms with Gasteiger partial charge in [0.1, 0.15) is 11.9 Å². The molecule has 1 aliphatic carbocycles. The van der Waals surface area contributed by atoms with Gasteiger partial charge in [0.2, 0.25) is 0 Å². The molecule has 0 spiro atoms. The van der Waals surface area contributed by atoms with Crippen molar-refractivity contribution in [2.45, 2.75) is 46.1 Å². The first-order chi connectivity index (χ1) is 8.97. The predicted octanol–water partition coefficient (Wildman–Crippen LogP) is 2.45. The number of aliphatic imine (C=N–C) groups is 1. The van der Waals surface area contributed by atoms with E-state index in [9.17, 15) is 4.79 Å². The molecule has 0 atom stereocenters. The van der Waals surface area contributed by atoms with Gasteiger partial charge in [0.05, 0.1) is 13.2 Å². The SMILES string of the molecule is CC(C)(C)C(=NC(=O)OC1CCC1)N1CCOCC1. The van der Waals surface area contributed by atoms with Crippen molar-refractivity contribution in [1.29, 1.82) is 0 Å². The van der Waals surface area contributed by atoms with Gasteiger partial charge in [0, 0.05) is 18.5 Å². The van der Waals surface area contributed by atoms with Gasteiger partial charge in [-0.2, -0.15) is 4.99 Å². The smallest absolute Gasteiger partial charge is 0.435 e. The Balaban J connectivity index is 2.04. The van der Waals surface area contributed by atoms with Crippen LogP contribution in [0, 0.1) is 5.41 Å². The van der Waals surface area contributed by atoms with Crippen molar-refractivity contribution in [3.05, 3.63) is 0 Å². The summed E-state index contributed by atoms with van der Waals surface area (Å²) in [4.78, 5) is 18.2. The average molecular weight is 268 g/mol. The third kappa shape index (κ3) is 3.93. The molecule has 5 nitrogen and oxygen atoms in total. The maximum atomic E-state index is 11.9. The van der Waals surface area contributed by atoms with Crippen molar-refractivity contribution in [1.82, 2.24) is 4.90 Å². The molecule has 0 aromatic carbocycles. The Hall–Kier alpha value is -1.10. The highest BCUT2D eigenvalue weighted by Crippen LogP contribution is 2.24. The second-order valence-electron chi connectivity index (χ2n) is 6.22.